The molecule has 107 heavy (non-hydrogen) atoms. The second-order valence-electron chi connectivity index (χ2n) is 26.8. The molecule has 0 aromatic heterocycles. The maximum absolute atomic E-state index is 13.0. The van der Waals surface area contributed by atoms with Crippen molar-refractivity contribution in [3.8, 4) is 0 Å². The molecule has 0 saturated heterocycles. The molecule has 0 aromatic rings. The maximum atomic E-state index is 13.0. The first-order valence-electron chi connectivity index (χ1n) is 41.1. The van der Waals surface area contributed by atoms with Crippen molar-refractivity contribution in [1.82, 2.24) is 0 Å². The van der Waals surface area contributed by atoms with E-state index in [2.05, 4.69) is 185 Å². The molecule has 5 atom stereocenters. The first-order valence-corrected chi connectivity index (χ1v) is 44.1. The highest BCUT2D eigenvalue weighted by Crippen LogP contribution is 2.45. The molecule has 0 aliphatic rings. The Kier molecular flexibility index (Phi) is 76.2. The summed E-state index contributed by atoms with van der Waals surface area (Å²) in [6.07, 6.45) is 104. The van der Waals surface area contributed by atoms with Gasteiger partial charge in [0, 0.05) is 19.3 Å². The van der Waals surface area contributed by atoms with Crippen molar-refractivity contribution in [2.75, 3.05) is 39.6 Å². The molecule has 0 saturated carbocycles. The van der Waals surface area contributed by atoms with Crippen LogP contribution in [0, 0.1) is 0 Å². The molecule has 608 valence electrons. The molecule has 4 N–H and O–H groups in total. The monoisotopic (exact) mass is 1530 g/mol. The lowest BCUT2D eigenvalue weighted by Crippen LogP contribution is -2.29. The van der Waals surface area contributed by atoms with Crippen molar-refractivity contribution < 1.29 is 75.8 Å². The van der Waals surface area contributed by atoms with Gasteiger partial charge in [-0.1, -0.05) is 319 Å². The molecule has 0 fully saturated rings. The highest BCUT2D eigenvalue weighted by atomic mass is 31.2. The molecule has 0 aromatic carbocycles. The number of rotatable bonds is 76. The molecule has 18 heteroatoms. The lowest BCUT2D eigenvalue weighted by atomic mass is 10.0. The third-order valence-electron chi connectivity index (χ3n) is 16.6. The number of aliphatic hydroxyl groups is 2. The first-order chi connectivity index (χ1) is 52.2. The molecule has 0 heterocycles. The van der Waals surface area contributed by atoms with Gasteiger partial charge in [-0.05, 0) is 148 Å². The number of allylic oxidation sites excluding steroid dienone is 30. The zero-order valence-corrected chi connectivity index (χ0v) is 68.3. The second-order valence-corrected chi connectivity index (χ2v) is 29.7. The highest BCUT2D eigenvalue weighted by molar-refractivity contribution is 7.47. The minimum atomic E-state index is -4.97. The Hall–Kier alpha value is -5.35. The van der Waals surface area contributed by atoms with Crippen LogP contribution in [0.25, 0.3) is 0 Å². The molecule has 5 unspecified atom stereocenters. The molecular weight excluding hydrogens is 1390 g/mol. The van der Waals surface area contributed by atoms with E-state index in [9.17, 15) is 43.5 Å². The third kappa shape index (κ3) is 81.5. The summed E-state index contributed by atoms with van der Waals surface area (Å²) in [6.45, 7) is 2.30. The number of ether oxygens (including phenoxy) is 3. The number of phosphoric ester groups is 2. The summed E-state index contributed by atoms with van der Waals surface area (Å²) in [5.41, 5.74) is 0. The quantitative estimate of drug-likeness (QED) is 0.0146. The average Bonchev–Trinajstić information content (AvgIpc) is 0.907. The van der Waals surface area contributed by atoms with Crippen LogP contribution in [0.15, 0.2) is 182 Å². The molecule has 0 amide bonds. The summed E-state index contributed by atoms with van der Waals surface area (Å²) in [7, 11) is -9.84. The van der Waals surface area contributed by atoms with Gasteiger partial charge in [0.1, 0.15) is 25.4 Å². The van der Waals surface area contributed by atoms with Crippen LogP contribution in [0.1, 0.15) is 303 Å². The maximum Gasteiger partial charge on any atom is 0.472 e. The highest BCUT2D eigenvalue weighted by Gasteiger charge is 2.29. The summed E-state index contributed by atoms with van der Waals surface area (Å²) >= 11 is 0. The smallest absolute Gasteiger partial charge is 0.463 e. The van der Waals surface area contributed by atoms with Crippen LogP contribution in [0.4, 0.5) is 0 Å². The van der Waals surface area contributed by atoms with Gasteiger partial charge in [0.2, 0.25) is 0 Å². The van der Waals surface area contributed by atoms with Crippen molar-refractivity contribution in [3.63, 3.8) is 0 Å². The minimum absolute atomic E-state index is 0.0322. The molecule has 0 aliphatic carbocycles. The summed E-state index contributed by atoms with van der Waals surface area (Å²) in [5, 5.41) is 20.7. The van der Waals surface area contributed by atoms with Crippen LogP contribution in [-0.4, -0.2) is 95.9 Å². The fourth-order valence-corrected chi connectivity index (χ4v) is 12.0. The zero-order chi connectivity index (χ0) is 78.0. The van der Waals surface area contributed by atoms with Crippen molar-refractivity contribution >= 4 is 33.6 Å². The van der Waals surface area contributed by atoms with Crippen LogP contribution in [0.2, 0.25) is 0 Å². The Labute approximate surface area is 649 Å². The second kappa shape index (κ2) is 80.2. The van der Waals surface area contributed by atoms with E-state index in [1.807, 2.05) is 18.2 Å². The van der Waals surface area contributed by atoms with Crippen molar-refractivity contribution in [2.45, 2.75) is 322 Å². The van der Waals surface area contributed by atoms with E-state index in [0.29, 0.717) is 25.7 Å². The van der Waals surface area contributed by atoms with Gasteiger partial charge in [-0.15, -0.1) is 0 Å². The number of hydrogen-bond donors (Lipinski definition) is 4. The number of carbonyl (C=O) groups excluding carboxylic acids is 3. The molecular formula is C89H146O16P2. The topological polar surface area (TPSA) is 231 Å². The third-order valence-corrected chi connectivity index (χ3v) is 18.5. The molecule has 0 aliphatic heterocycles. The van der Waals surface area contributed by atoms with E-state index >= 15 is 0 Å². The average molecular weight is 1530 g/mol. The van der Waals surface area contributed by atoms with Crippen LogP contribution >= 0.6 is 15.6 Å². The number of esters is 3. The van der Waals surface area contributed by atoms with Gasteiger partial charge < -0.3 is 34.2 Å². The van der Waals surface area contributed by atoms with Gasteiger partial charge in [0.15, 0.2) is 6.10 Å². The van der Waals surface area contributed by atoms with Crippen LogP contribution in [0.5, 0.6) is 0 Å². The number of unbranched alkanes of at least 4 members (excludes halogenated alkanes) is 23. The largest absolute Gasteiger partial charge is 0.472 e. The molecule has 0 spiro atoms. The van der Waals surface area contributed by atoms with E-state index in [1.165, 1.54) is 103 Å². The number of aliphatic hydroxyl groups excluding tert-OH is 2. The van der Waals surface area contributed by atoms with E-state index < -0.39 is 91.5 Å². The molecule has 0 rings (SSSR count). The van der Waals surface area contributed by atoms with Gasteiger partial charge in [-0.25, -0.2) is 9.13 Å². The summed E-state index contributed by atoms with van der Waals surface area (Å²) in [5.74, 6) is -1.70. The van der Waals surface area contributed by atoms with E-state index in [0.717, 1.165) is 135 Å². The summed E-state index contributed by atoms with van der Waals surface area (Å²) in [4.78, 5) is 58.7. The number of phosphoric acid groups is 2. The number of hydrogen-bond acceptors (Lipinski definition) is 14. The summed E-state index contributed by atoms with van der Waals surface area (Å²) < 4.78 is 61.1. The Balaban J connectivity index is 4.62. The van der Waals surface area contributed by atoms with Gasteiger partial charge in [-0.3, -0.25) is 32.5 Å². The molecule has 0 bridgehead atoms. The van der Waals surface area contributed by atoms with Crippen molar-refractivity contribution in [3.05, 3.63) is 182 Å². The standard InChI is InChI=1S/C89H146O16P2/c1-4-7-10-13-16-19-22-25-28-31-34-36-37-38-39-40-41-42-43-44-45-47-50-51-54-57-60-63-66-69-72-75-87(92)99-78-84(90)79-101-106(95,96)102-80-85(91)81-103-107(97,98)104-83-86(105-89(94)77-74-71-68-65-62-59-56-53-48-33-30-27-24-21-18-15-12-9-6-3)82-100-88(93)76-73-70-67-64-61-58-55-52-49-46-35-32-29-26-23-20-17-14-11-8-5-2/h8-9,11-12,16-21,25-30,34-36,38-39,46,48,52-53,55,59,62,68,71,84-86,90-91H,4-7,10,13-15,22-24,31-33,37,40-45,47,49-51,54,56-58,60-61,63-67,69-70,72-83H2,1-3H3,(H,95,96)(H,97,98)/b11-8-,12-9-,19-16-,20-17-,21-18-,28-25-,29-26-,30-27-,36-34-,39-38-,46-35-,53-48-,55-52-,62-59-,71-68-. The fraction of sp³-hybridized carbons (Fsp3) is 0.629. The normalized spacial score (nSPS) is 14.9. The van der Waals surface area contributed by atoms with E-state index in [4.69, 9.17) is 32.3 Å². The Morgan fingerprint density at radius 1 is 0.271 bits per heavy atom. The van der Waals surface area contributed by atoms with Crippen LogP contribution in [0.3, 0.4) is 0 Å². The van der Waals surface area contributed by atoms with Gasteiger partial charge >= 0.3 is 33.6 Å². The first kappa shape index (κ1) is 102. The lowest BCUT2D eigenvalue weighted by molar-refractivity contribution is -0.161. The van der Waals surface area contributed by atoms with Gasteiger partial charge in [0.25, 0.3) is 0 Å². The fourth-order valence-electron chi connectivity index (χ4n) is 10.4. The minimum Gasteiger partial charge on any atom is -0.463 e. The Morgan fingerprint density at radius 2 is 0.514 bits per heavy atom. The summed E-state index contributed by atoms with van der Waals surface area (Å²) in [6, 6.07) is 0. The van der Waals surface area contributed by atoms with E-state index in [1.54, 1.807) is 0 Å². The zero-order valence-electron chi connectivity index (χ0n) is 66.5. The Bertz CT molecular complexity index is 2670. The molecule has 16 nitrogen and oxygen atoms in total. The van der Waals surface area contributed by atoms with Gasteiger partial charge in [0.05, 0.1) is 26.4 Å². The number of carbonyl (C=O) groups is 3. The molecule has 0 radical (unpaired) electrons. The van der Waals surface area contributed by atoms with Crippen molar-refractivity contribution in [1.29, 1.82) is 0 Å². The van der Waals surface area contributed by atoms with Gasteiger partial charge in [-0.2, -0.15) is 0 Å². The Morgan fingerprint density at radius 3 is 0.822 bits per heavy atom. The predicted molar refractivity (Wildman–Crippen MR) is 445 cm³/mol. The van der Waals surface area contributed by atoms with Crippen molar-refractivity contribution in [2.24, 2.45) is 0 Å². The predicted octanol–water partition coefficient (Wildman–Crippen LogP) is 24.5. The van der Waals surface area contributed by atoms with Crippen LogP contribution < -0.4 is 0 Å². The SMILES string of the molecule is CC/C=C\C/C=C\C/C=C\C/C=C\C/C=C\C/C=C\CCC(=O)OC(COC(=O)CCCCCCC/C=C\C/C=C\C/C=C\C/C=C\C/C=C\CC)COP(=O)(O)OCC(O)COP(=O)(O)OCC(O)COC(=O)CCCCCCCCCCCCCCCCC/C=C\C/C=C\C/C=C\C/C=C\CCCCC. The van der Waals surface area contributed by atoms with E-state index in [-0.39, 0.29) is 19.3 Å². The van der Waals surface area contributed by atoms with Crippen LogP contribution in [-0.2, 0) is 55.8 Å². The lowest BCUT2D eigenvalue weighted by Gasteiger charge is -2.21.